The molecule has 164 valence electrons. The summed E-state index contributed by atoms with van der Waals surface area (Å²) in [6.07, 6.45) is 2.67. The molecular weight excluding hydrogens is 442 g/mol. The monoisotopic (exact) mass is 465 g/mol. The highest BCUT2D eigenvalue weighted by molar-refractivity contribution is 7.98. The van der Waals surface area contributed by atoms with Crippen LogP contribution in [0.1, 0.15) is 23.7 Å². The second-order valence-corrected chi connectivity index (χ2v) is 11.1. The molecule has 1 fully saturated rings. The molecule has 4 aromatic rings. The topological polar surface area (TPSA) is 82.7 Å². The second kappa shape index (κ2) is 8.55. The first-order chi connectivity index (χ1) is 15.5. The summed E-state index contributed by atoms with van der Waals surface area (Å²) in [6, 6.07) is 20.2. The zero-order chi connectivity index (χ0) is 22.1. The molecule has 7 nitrogen and oxygen atoms in total. The maximum atomic E-state index is 11.9. The van der Waals surface area contributed by atoms with E-state index in [0.717, 1.165) is 33.5 Å². The van der Waals surface area contributed by atoms with E-state index in [1.54, 1.807) is 11.8 Å². The summed E-state index contributed by atoms with van der Waals surface area (Å²) in [5.74, 6) is 1.73. The SMILES string of the molecule is Cn1c(SCc2cn(-c3ccccc3)nc2-c2ccccc2)nnc1[C@H]1CCS(=O)(=O)C1. The summed E-state index contributed by atoms with van der Waals surface area (Å²) in [7, 11) is -1.05. The minimum Gasteiger partial charge on any atom is -0.309 e. The lowest BCUT2D eigenvalue weighted by molar-refractivity contribution is 0.599. The molecule has 9 heteroatoms. The number of hydrogen-bond acceptors (Lipinski definition) is 6. The van der Waals surface area contributed by atoms with Crippen molar-refractivity contribution in [2.45, 2.75) is 23.2 Å². The van der Waals surface area contributed by atoms with Gasteiger partial charge >= 0.3 is 0 Å². The van der Waals surface area contributed by atoms with Gasteiger partial charge in [0.2, 0.25) is 0 Å². The van der Waals surface area contributed by atoms with Crippen molar-refractivity contribution in [3.8, 4) is 16.9 Å². The Hall–Kier alpha value is -2.91. The summed E-state index contributed by atoms with van der Waals surface area (Å²) in [5.41, 5.74) is 4.10. The van der Waals surface area contributed by atoms with Gasteiger partial charge < -0.3 is 4.57 Å². The molecule has 1 aliphatic heterocycles. The lowest BCUT2D eigenvalue weighted by atomic mass is 10.1. The second-order valence-electron chi connectivity index (χ2n) is 7.94. The smallest absolute Gasteiger partial charge is 0.191 e. The van der Waals surface area contributed by atoms with Crippen LogP contribution in [0.25, 0.3) is 16.9 Å². The Morgan fingerprint density at radius 2 is 1.75 bits per heavy atom. The van der Waals surface area contributed by atoms with Crippen molar-refractivity contribution < 1.29 is 8.42 Å². The van der Waals surface area contributed by atoms with Crippen molar-refractivity contribution in [2.75, 3.05) is 11.5 Å². The predicted octanol–water partition coefficient (Wildman–Crippen LogP) is 3.86. The lowest BCUT2D eigenvalue weighted by Gasteiger charge is -2.08. The van der Waals surface area contributed by atoms with Gasteiger partial charge in [0, 0.05) is 36.0 Å². The van der Waals surface area contributed by atoms with E-state index in [2.05, 4.69) is 28.5 Å². The molecule has 1 atom stereocenters. The third-order valence-electron chi connectivity index (χ3n) is 5.68. The van der Waals surface area contributed by atoms with Crippen LogP contribution in [0.5, 0.6) is 0 Å². The first-order valence-electron chi connectivity index (χ1n) is 10.4. The van der Waals surface area contributed by atoms with Gasteiger partial charge in [0.05, 0.1) is 22.9 Å². The quantitative estimate of drug-likeness (QED) is 0.402. The number of para-hydroxylation sites is 1. The first kappa shape index (κ1) is 21.0. The number of aromatic nitrogens is 5. The number of rotatable bonds is 6. The fraction of sp³-hybridized carbons (Fsp3) is 0.261. The highest BCUT2D eigenvalue weighted by Crippen LogP contribution is 2.32. The molecule has 32 heavy (non-hydrogen) atoms. The predicted molar refractivity (Wildman–Crippen MR) is 126 cm³/mol. The molecule has 2 aromatic heterocycles. The summed E-state index contributed by atoms with van der Waals surface area (Å²) in [4.78, 5) is 0. The van der Waals surface area contributed by atoms with Crippen molar-refractivity contribution >= 4 is 21.6 Å². The number of sulfone groups is 1. The van der Waals surface area contributed by atoms with Gasteiger partial charge in [0.1, 0.15) is 5.82 Å². The summed E-state index contributed by atoms with van der Waals surface area (Å²) < 4.78 is 27.6. The van der Waals surface area contributed by atoms with E-state index in [1.165, 1.54) is 0 Å². The van der Waals surface area contributed by atoms with Crippen LogP contribution in [0.15, 0.2) is 72.0 Å². The van der Waals surface area contributed by atoms with Crippen LogP contribution in [0.3, 0.4) is 0 Å². The van der Waals surface area contributed by atoms with Crippen LogP contribution in [-0.4, -0.2) is 44.5 Å². The van der Waals surface area contributed by atoms with Crippen LogP contribution in [-0.2, 0) is 22.6 Å². The molecule has 0 amide bonds. The molecule has 0 spiro atoms. The van der Waals surface area contributed by atoms with Crippen molar-refractivity contribution in [2.24, 2.45) is 7.05 Å². The number of nitrogens with zero attached hydrogens (tertiary/aromatic N) is 5. The van der Waals surface area contributed by atoms with Crippen molar-refractivity contribution in [3.63, 3.8) is 0 Å². The zero-order valence-corrected chi connectivity index (χ0v) is 19.3. The molecule has 0 radical (unpaired) electrons. The molecule has 2 aromatic carbocycles. The number of thioether (sulfide) groups is 1. The minimum atomic E-state index is -2.97. The molecular formula is C23H23N5O2S2. The van der Waals surface area contributed by atoms with Crippen molar-refractivity contribution in [1.29, 1.82) is 0 Å². The Labute approximate surface area is 191 Å². The molecule has 5 rings (SSSR count). The van der Waals surface area contributed by atoms with Crippen LogP contribution in [0.2, 0.25) is 0 Å². The van der Waals surface area contributed by atoms with Crippen LogP contribution in [0.4, 0.5) is 0 Å². The summed E-state index contributed by atoms with van der Waals surface area (Å²) in [6.45, 7) is 0. The molecule has 1 aliphatic rings. The summed E-state index contributed by atoms with van der Waals surface area (Å²) in [5, 5.41) is 14.3. The van der Waals surface area contributed by atoms with Gasteiger partial charge in [-0.1, -0.05) is 60.3 Å². The highest BCUT2D eigenvalue weighted by Gasteiger charge is 2.32. The summed E-state index contributed by atoms with van der Waals surface area (Å²) >= 11 is 1.58. The Balaban J connectivity index is 1.42. The van der Waals surface area contributed by atoms with Crippen molar-refractivity contribution in [1.82, 2.24) is 24.5 Å². The van der Waals surface area contributed by atoms with Crippen LogP contribution >= 0.6 is 11.8 Å². The zero-order valence-electron chi connectivity index (χ0n) is 17.6. The number of benzene rings is 2. The maximum absolute atomic E-state index is 11.9. The van der Waals surface area contributed by atoms with E-state index in [-0.39, 0.29) is 17.4 Å². The third kappa shape index (κ3) is 4.22. The van der Waals surface area contributed by atoms with E-state index in [4.69, 9.17) is 5.10 Å². The normalized spacial score (nSPS) is 17.6. The number of hydrogen-bond donors (Lipinski definition) is 0. The van der Waals surface area contributed by atoms with Gasteiger partial charge in [-0.05, 0) is 18.6 Å². The van der Waals surface area contributed by atoms with E-state index in [1.807, 2.05) is 64.8 Å². The fourth-order valence-electron chi connectivity index (χ4n) is 4.02. The maximum Gasteiger partial charge on any atom is 0.191 e. The molecule has 0 aliphatic carbocycles. The third-order valence-corrected chi connectivity index (χ3v) is 8.52. The Kier molecular flexibility index (Phi) is 5.60. The van der Waals surface area contributed by atoms with Gasteiger partial charge in [-0.3, -0.25) is 0 Å². The average Bonchev–Trinajstić information content (AvgIpc) is 3.50. The van der Waals surface area contributed by atoms with Gasteiger partial charge in [-0.2, -0.15) is 5.10 Å². The van der Waals surface area contributed by atoms with E-state index >= 15 is 0 Å². The van der Waals surface area contributed by atoms with Crippen LogP contribution < -0.4 is 0 Å². The standard InChI is InChI=1S/C23H23N5O2S2/c1-27-22(18-12-13-32(29,30)16-18)24-25-23(27)31-15-19-14-28(20-10-6-3-7-11-20)26-21(19)17-8-4-2-5-9-17/h2-11,14,18H,12-13,15-16H2,1H3/t18-/m0/s1. The molecule has 0 saturated carbocycles. The molecule has 0 unspecified atom stereocenters. The Morgan fingerprint density at radius 1 is 1.03 bits per heavy atom. The molecule has 1 saturated heterocycles. The van der Waals surface area contributed by atoms with E-state index in [9.17, 15) is 8.42 Å². The van der Waals surface area contributed by atoms with Gasteiger partial charge in [0.25, 0.3) is 0 Å². The van der Waals surface area contributed by atoms with E-state index < -0.39 is 9.84 Å². The van der Waals surface area contributed by atoms with Gasteiger partial charge in [0.15, 0.2) is 15.0 Å². The largest absolute Gasteiger partial charge is 0.309 e. The van der Waals surface area contributed by atoms with Crippen LogP contribution in [0, 0.1) is 0 Å². The Bertz CT molecular complexity index is 1330. The Morgan fingerprint density at radius 3 is 2.44 bits per heavy atom. The van der Waals surface area contributed by atoms with Crippen molar-refractivity contribution in [3.05, 3.63) is 78.2 Å². The van der Waals surface area contributed by atoms with E-state index in [0.29, 0.717) is 12.2 Å². The average molecular weight is 466 g/mol. The molecule has 0 bridgehead atoms. The first-order valence-corrected chi connectivity index (χ1v) is 13.2. The fourth-order valence-corrected chi connectivity index (χ4v) is 6.64. The molecule has 3 heterocycles. The highest BCUT2D eigenvalue weighted by atomic mass is 32.2. The lowest BCUT2D eigenvalue weighted by Crippen LogP contribution is -2.09. The van der Waals surface area contributed by atoms with Gasteiger partial charge in [-0.25, -0.2) is 13.1 Å². The minimum absolute atomic E-state index is 0.0763. The molecule has 0 N–H and O–H groups in total. The van der Waals surface area contributed by atoms with Gasteiger partial charge in [-0.15, -0.1) is 10.2 Å².